The molecular weight excluding hydrogens is 196 g/mol. The summed E-state index contributed by atoms with van der Waals surface area (Å²) in [4.78, 5) is 0. The third-order valence-corrected chi connectivity index (χ3v) is 3.15. The van der Waals surface area contributed by atoms with Gasteiger partial charge >= 0.3 is 0 Å². The summed E-state index contributed by atoms with van der Waals surface area (Å²) in [6.45, 7) is 0. The highest BCUT2D eigenvalue weighted by molar-refractivity contribution is 6.30. The van der Waals surface area contributed by atoms with Crippen molar-refractivity contribution in [2.75, 3.05) is 0 Å². The first-order valence-electron chi connectivity index (χ1n) is 4.95. The van der Waals surface area contributed by atoms with E-state index in [1.54, 1.807) is 0 Å². The van der Waals surface area contributed by atoms with Crippen molar-refractivity contribution < 1.29 is 4.74 Å². The van der Waals surface area contributed by atoms with Gasteiger partial charge < -0.3 is 4.74 Å². The highest BCUT2D eigenvalue weighted by Gasteiger charge is 2.39. The zero-order chi connectivity index (χ0) is 9.54. The zero-order valence-corrected chi connectivity index (χ0v) is 8.50. The van der Waals surface area contributed by atoms with E-state index in [1.165, 1.54) is 17.6 Å². The molecule has 1 aliphatic heterocycles. The normalized spacial score (nSPS) is 29.4. The maximum Gasteiger partial charge on any atom is 0.103 e. The standard InChI is InChI=1S/C12H11ClO/c13-10-4-1-8(2-5-10)9-3-6-11-12(7-9)14-11/h1-2,4-5,7,11-12H,3,6H2. The second-order valence-corrected chi connectivity index (χ2v) is 4.31. The van der Waals surface area contributed by atoms with Crippen LogP contribution in [0.4, 0.5) is 0 Å². The molecule has 0 saturated carbocycles. The third-order valence-electron chi connectivity index (χ3n) is 2.90. The van der Waals surface area contributed by atoms with Crippen LogP contribution >= 0.6 is 11.6 Å². The first-order chi connectivity index (χ1) is 6.83. The molecule has 3 rings (SSSR count). The van der Waals surface area contributed by atoms with Crippen LogP contribution in [0.3, 0.4) is 0 Å². The Bertz CT molecular complexity index is 380. The van der Waals surface area contributed by atoms with Crippen LogP contribution in [0.5, 0.6) is 0 Å². The minimum absolute atomic E-state index is 0.398. The van der Waals surface area contributed by atoms with Crippen molar-refractivity contribution in [3.63, 3.8) is 0 Å². The van der Waals surface area contributed by atoms with E-state index >= 15 is 0 Å². The Balaban J connectivity index is 1.91. The van der Waals surface area contributed by atoms with Gasteiger partial charge in [0.2, 0.25) is 0 Å². The summed E-state index contributed by atoms with van der Waals surface area (Å²) in [6.07, 6.45) is 5.46. The zero-order valence-electron chi connectivity index (χ0n) is 7.74. The number of rotatable bonds is 1. The van der Waals surface area contributed by atoms with Crippen LogP contribution in [-0.4, -0.2) is 12.2 Å². The molecule has 1 nitrogen and oxygen atoms in total. The number of benzene rings is 1. The number of fused-ring (bicyclic) bond motifs is 1. The molecule has 0 aromatic heterocycles. The maximum absolute atomic E-state index is 5.84. The minimum atomic E-state index is 0.398. The fourth-order valence-electron chi connectivity index (χ4n) is 2.02. The molecule has 0 N–H and O–H groups in total. The first kappa shape index (κ1) is 8.51. The van der Waals surface area contributed by atoms with Gasteiger partial charge in [-0.15, -0.1) is 0 Å². The van der Waals surface area contributed by atoms with Gasteiger partial charge in [-0.3, -0.25) is 0 Å². The van der Waals surface area contributed by atoms with Crippen molar-refractivity contribution in [1.82, 2.24) is 0 Å². The maximum atomic E-state index is 5.84. The van der Waals surface area contributed by atoms with Gasteiger partial charge in [-0.2, -0.15) is 0 Å². The van der Waals surface area contributed by atoms with Gasteiger partial charge in [0, 0.05) is 5.02 Å². The second kappa shape index (κ2) is 3.11. The van der Waals surface area contributed by atoms with Crippen LogP contribution in [0.2, 0.25) is 5.02 Å². The molecule has 0 bridgehead atoms. The monoisotopic (exact) mass is 206 g/mol. The van der Waals surface area contributed by atoms with Crippen molar-refractivity contribution in [3.8, 4) is 0 Å². The molecule has 2 aliphatic rings. The lowest BCUT2D eigenvalue weighted by molar-refractivity contribution is 0.385. The Morgan fingerprint density at radius 3 is 2.71 bits per heavy atom. The largest absolute Gasteiger partial charge is 0.365 e. The molecular formula is C12H11ClO. The summed E-state index contributed by atoms with van der Waals surface area (Å²) >= 11 is 5.84. The third kappa shape index (κ3) is 1.47. The van der Waals surface area contributed by atoms with Gasteiger partial charge in [0.1, 0.15) is 6.10 Å². The fourth-order valence-corrected chi connectivity index (χ4v) is 2.15. The number of hydrogen-bond acceptors (Lipinski definition) is 1. The van der Waals surface area contributed by atoms with Crippen LogP contribution in [0, 0.1) is 0 Å². The average Bonchev–Trinajstić information content (AvgIpc) is 2.96. The van der Waals surface area contributed by atoms with Crippen molar-refractivity contribution in [2.24, 2.45) is 0 Å². The van der Waals surface area contributed by atoms with Gasteiger partial charge in [0.05, 0.1) is 6.10 Å². The predicted octanol–water partition coefficient (Wildman–Crippen LogP) is 3.28. The number of ether oxygens (including phenoxy) is 1. The van der Waals surface area contributed by atoms with E-state index in [1.807, 2.05) is 12.1 Å². The lowest BCUT2D eigenvalue weighted by Gasteiger charge is -2.09. The SMILES string of the molecule is Clc1ccc(C2=CC3OC3CC2)cc1. The quantitative estimate of drug-likeness (QED) is 0.643. The summed E-state index contributed by atoms with van der Waals surface area (Å²) in [7, 11) is 0. The lowest BCUT2D eigenvalue weighted by atomic mass is 9.94. The van der Waals surface area contributed by atoms with Crippen LogP contribution in [0.25, 0.3) is 5.57 Å². The highest BCUT2D eigenvalue weighted by Crippen LogP contribution is 2.38. The fraction of sp³-hybridized carbons (Fsp3) is 0.333. The van der Waals surface area contributed by atoms with E-state index in [0.717, 1.165) is 11.4 Å². The van der Waals surface area contributed by atoms with E-state index in [-0.39, 0.29) is 0 Å². The Morgan fingerprint density at radius 2 is 2.00 bits per heavy atom. The molecule has 0 amide bonds. The van der Waals surface area contributed by atoms with Crippen molar-refractivity contribution >= 4 is 17.2 Å². The van der Waals surface area contributed by atoms with Gasteiger partial charge in [-0.25, -0.2) is 0 Å². The molecule has 14 heavy (non-hydrogen) atoms. The van der Waals surface area contributed by atoms with Crippen molar-refractivity contribution in [1.29, 1.82) is 0 Å². The van der Waals surface area contributed by atoms with Gasteiger partial charge in [0.25, 0.3) is 0 Å². The van der Waals surface area contributed by atoms with Crippen LogP contribution in [0.15, 0.2) is 30.3 Å². The molecule has 2 unspecified atom stereocenters. The molecule has 0 radical (unpaired) electrons. The molecule has 1 heterocycles. The highest BCUT2D eigenvalue weighted by atomic mass is 35.5. The summed E-state index contributed by atoms with van der Waals surface area (Å²) in [5, 5.41) is 0.797. The Hall–Kier alpha value is -0.790. The molecule has 2 atom stereocenters. The molecule has 1 fully saturated rings. The lowest BCUT2D eigenvalue weighted by Crippen LogP contribution is -2.00. The number of epoxide rings is 1. The van der Waals surface area contributed by atoms with Gasteiger partial charge in [0.15, 0.2) is 0 Å². The van der Waals surface area contributed by atoms with Gasteiger partial charge in [-0.1, -0.05) is 23.7 Å². The number of halogens is 1. The van der Waals surface area contributed by atoms with Crippen molar-refractivity contribution in [2.45, 2.75) is 25.0 Å². The van der Waals surface area contributed by atoms with E-state index in [4.69, 9.17) is 16.3 Å². The van der Waals surface area contributed by atoms with E-state index in [0.29, 0.717) is 12.2 Å². The predicted molar refractivity (Wildman–Crippen MR) is 57.3 cm³/mol. The number of allylic oxidation sites excluding steroid dienone is 1. The Labute approximate surface area is 88.3 Å². The average molecular weight is 207 g/mol. The summed E-state index contributed by atoms with van der Waals surface area (Å²) in [6, 6.07) is 8.04. The van der Waals surface area contributed by atoms with Crippen LogP contribution in [-0.2, 0) is 4.74 Å². The summed E-state index contributed by atoms with van der Waals surface area (Å²) in [5.41, 5.74) is 2.68. The van der Waals surface area contributed by atoms with Gasteiger partial charge in [-0.05, 0) is 42.2 Å². The second-order valence-electron chi connectivity index (χ2n) is 3.88. The van der Waals surface area contributed by atoms with Crippen molar-refractivity contribution in [3.05, 3.63) is 40.9 Å². The van der Waals surface area contributed by atoms with E-state index in [9.17, 15) is 0 Å². The summed E-state index contributed by atoms with van der Waals surface area (Å²) < 4.78 is 5.45. The molecule has 0 spiro atoms. The number of hydrogen-bond donors (Lipinski definition) is 0. The molecule has 72 valence electrons. The molecule has 1 aromatic rings. The minimum Gasteiger partial charge on any atom is -0.365 e. The first-order valence-corrected chi connectivity index (χ1v) is 5.33. The van der Waals surface area contributed by atoms with Crippen LogP contribution < -0.4 is 0 Å². The smallest absolute Gasteiger partial charge is 0.103 e. The Morgan fingerprint density at radius 1 is 1.21 bits per heavy atom. The summed E-state index contributed by atoms with van der Waals surface area (Å²) in [5.74, 6) is 0. The van der Waals surface area contributed by atoms with E-state index < -0.39 is 0 Å². The topological polar surface area (TPSA) is 12.5 Å². The molecule has 1 aliphatic carbocycles. The van der Waals surface area contributed by atoms with Crippen LogP contribution in [0.1, 0.15) is 18.4 Å². The molecule has 2 heteroatoms. The van der Waals surface area contributed by atoms with E-state index in [2.05, 4.69) is 18.2 Å². The molecule has 1 aromatic carbocycles. The molecule has 1 saturated heterocycles. The Kier molecular flexibility index (Phi) is 1.89.